The Morgan fingerprint density at radius 2 is 1.96 bits per heavy atom. The summed E-state index contributed by atoms with van der Waals surface area (Å²) in [6, 6.07) is 12.3. The summed E-state index contributed by atoms with van der Waals surface area (Å²) in [6.45, 7) is 0. The van der Waals surface area contributed by atoms with Gasteiger partial charge >= 0.3 is 0 Å². The highest BCUT2D eigenvalue weighted by Gasteiger charge is 2.30. The van der Waals surface area contributed by atoms with Crippen molar-refractivity contribution in [2.24, 2.45) is 0 Å². The average Bonchev–Trinajstić information content (AvgIpc) is 3.05. The van der Waals surface area contributed by atoms with Crippen molar-refractivity contribution in [2.75, 3.05) is 12.4 Å². The molecule has 2 unspecified atom stereocenters. The molecule has 5 nitrogen and oxygen atoms in total. The lowest BCUT2D eigenvalue weighted by molar-refractivity contribution is -0.117. The zero-order chi connectivity index (χ0) is 17.1. The third-order valence-electron chi connectivity index (χ3n) is 3.89. The molecule has 0 saturated carbocycles. The molecular weight excluding hydrogens is 349 g/mol. The van der Waals surface area contributed by atoms with Gasteiger partial charge in [0.1, 0.15) is 11.8 Å². The van der Waals surface area contributed by atoms with Gasteiger partial charge in [-0.2, -0.15) is 0 Å². The fourth-order valence-corrected chi connectivity index (χ4v) is 3.04. The molecule has 2 aromatic rings. The summed E-state index contributed by atoms with van der Waals surface area (Å²) < 4.78 is 5.24. The van der Waals surface area contributed by atoms with Gasteiger partial charge in [-0.3, -0.25) is 4.79 Å². The predicted octanol–water partition coefficient (Wildman–Crippen LogP) is 3.55. The molecule has 126 valence electrons. The minimum atomic E-state index is -0.377. The lowest BCUT2D eigenvalue weighted by atomic mass is 10.0. The van der Waals surface area contributed by atoms with Crippen LogP contribution in [0.15, 0.2) is 42.5 Å². The zero-order valence-electron chi connectivity index (χ0n) is 13.0. The first-order chi connectivity index (χ1) is 11.6. The van der Waals surface area contributed by atoms with Gasteiger partial charge in [0.15, 0.2) is 0 Å². The Morgan fingerprint density at radius 1 is 1.17 bits per heavy atom. The molecule has 1 amide bonds. The van der Waals surface area contributed by atoms with Crippen LogP contribution in [0.25, 0.3) is 0 Å². The number of hydrogen-bond donors (Lipinski definition) is 3. The number of benzene rings is 2. The van der Waals surface area contributed by atoms with Crippen molar-refractivity contribution in [1.29, 1.82) is 0 Å². The first-order valence-corrected chi connectivity index (χ1v) is 8.23. The van der Waals surface area contributed by atoms with Gasteiger partial charge in [0.25, 0.3) is 0 Å². The van der Waals surface area contributed by atoms with Crippen molar-refractivity contribution in [3.05, 3.63) is 58.1 Å². The number of anilines is 1. The van der Waals surface area contributed by atoms with Crippen LogP contribution in [-0.2, 0) is 4.79 Å². The summed E-state index contributed by atoms with van der Waals surface area (Å²) in [5.41, 5.74) is 7.73. The van der Waals surface area contributed by atoms with Crippen molar-refractivity contribution in [2.45, 2.75) is 18.5 Å². The molecular formula is C17H17Cl2N3O2. The molecule has 24 heavy (non-hydrogen) atoms. The van der Waals surface area contributed by atoms with Crippen LogP contribution >= 0.6 is 23.2 Å². The van der Waals surface area contributed by atoms with Gasteiger partial charge in [-0.25, -0.2) is 10.9 Å². The number of hydrazine groups is 1. The maximum atomic E-state index is 12.5. The van der Waals surface area contributed by atoms with E-state index in [1.165, 1.54) is 0 Å². The van der Waals surface area contributed by atoms with Gasteiger partial charge in [-0.05, 0) is 42.3 Å². The number of carbonyl (C=O) groups is 1. The van der Waals surface area contributed by atoms with E-state index >= 15 is 0 Å². The third kappa shape index (κ3) is 3.82. The van der Waals surface area contributed by atoms with E-state index in [4.69, 9.17) is 27.9 Å². The SMILES string of the molecule is COc1ccc(Cl)cc1NC(=O)C1CC(c2cccc(Cl)c2)NN1. The maximum Gasteiger partial charge on any atom is 0.243 e. The van der Waals surface area contributed by atoms with Crippen LogP contribution < -0.4 is 20.9 Å². The second kappa shape index (κ2) is 7.40. The highest BCUT2D eigenvalue weighted by atomic mass is 35.5. The predicted molar refractivity (Wildman–Crippen MR) is 95.5 cm³/mol. The Labute approximate surface area is 150 Å². The number of rotatable bonds is 4. The van der Waals surface area contributed by atoms with Crippen LogP contribution in [0.5, 0.6) is 5.75 Å². The van der Waals surface area contributed by atoms with E-state index in [0.29, 0.717) is 27.9 Å². The average molecular weight is 366 g/mol. The van der Waals surface area contributed by atoms with Gasteiger partial charge < -0.3 is 10.1 Å². The zero-order valence-corrected chi connectivity index (χ0v) is 14.5. The lowest BCUT2D eigenvalue weighted by Gasteiger charge is -2.13. The van der Waals surface area contributed by atoms with E-state index < -0.39 is 0 Å². The number of hydrogen-bond acceptors (Lipinski definition) is 4. The summed E-state index contributed by atoms with van der Waals surface area (Å²) in [6.07, 6.45) is 0.606. The molecule has 1 fully saturated rings. The summed E-state index contributed by atoms with van der Waals surface area (Å²) in [5.74, 6) is 0.401. The lowest BCUT2D eigenvalue weighted by Crippen LogP contribution is -2.39. The fourth-order valence-electron chi connectivity index (χ4n) is 2.67. The highest BCUT2D eigenvalue weighted by Crippen LogP contribution is 2.29. The van der Waals surface area contributed by atoms with Crippen LogP contribution in [0.4, 0.5) is 5.69 Å². The fraction of sp³-hybridized carbons (Fsp3) is 0.235. The molecule has 0 radical (unpaired) electrons. The van der Waals surface area contributed by atoms with Crippen LogP contribution in [0, 0.1) is 0 Å². The highest BCUT2D eigenvalue weighted by molar-refractivity contribution is 6.31. The van der Waals surface area contributed by atoms with Crippen molar-refractivity contribution in [3.63, 3.8) is 0 Å². The molecule has 1 saturated heterocycles. The standard InChI is InChI=1S/C17H17Cl2N3O2/c1-24-16-6-5-12(19)8-14(16)20-17(23)15-9-13(21-22-15)10-3-2-4-11(18)7-10/h2-8,13,15,21-22H,9H2,1H3,(H,20,23). The van der Waals surface area contributed by atoms with Crippen LogP contribution in [0.2, 0.25) is 10.0 Å². The Bertz CT molecular complexity index is 754. The Morgan fingerprint density at radius 3 is 2.71 bits per heavy atom. The van der Waals surface area contributed by atoms with Gasteiger partial charge in [0.05, 0.1) is 12.8 Å². The molecule has 0 aliphatic carbocycles. The van der Waals surface area contributed by atoms with E-state index in [1.54, 1.807) is 25.3 Å². The first-order valence-electron chi connectivity index (χ1n) is 7.48. The van der Waals surface area contributed by atoms with Gasteiger partial charge in [-0.15, -0.1) is 0 Å². The molecule has 0 aromatic heterocycles. The van der Waals surface area contributed by atoms with Gasteiger partial charge in [0.2, 0.25) is 5.91 Å². The van der Waals surface area contributed by atoms with Gasteiger partial charge in [-0.1, -0.05) is 35.3 Å². The molecule has 2 aromatic carbocycles. The van der Waals surface area contributed by atoms with Crippen LogP contribution in [0.3, 0.4) is 0 Å². The molecule has 7 heteroatoms. The minimum Gasteiger partial charge on any atom is -0.495 e. The molecule has 0 bridgehead atoms. The Balaban J connectivity index is 1.68. The normalized spacial score (nSPS) is 20.0. The molecule has 3 N–H and O–H groups in total. The molecule has 3 rings (SSSR count). The molecule has 2 atom stereocenters. The van der Waals surface area contributed by atoms with E-state index in [2.05, 4.69) is 16.2 Å². The number of methoxy groups -OCH3 is 1. The van der Waals surface area contributed by atoms with Crippen molar-refractivity contribution < 1.29 is 9.53 Å². The number of carbonyl (C=O) groups excluding carboxylic acids is 1. The first kappa shape index (κ1) is 17.0. The van der Waals surface area contributed by atoms with Gasteiger partial charge in [0, 0.05) is 16.1 Å². The van der Waals surface area contributed by atoms with Crippen LogP contribution in [-0.4, -0.2) is 19.1 Å². The van der Waals surface area contributed by atoms with Crippen LogP contribution in [0.1, 0.15) is 18.0 Å². The monoisotopic (exact) mass is 365 g/mol. The second-order valence-electron chi connectivity index (χ2n) is 5.52. The number of amides is 1. The number of ether oxygens (including phenoxy) is 1. The number of halogens is 2. The largest absolute Gasteiger partial charge is 0.495 e. The van der Waals surface area contributed by atoms with Crippen molar-refractivity contribution in [3.8, 4) is 5.75 Å². The number of nitrogens with one attached hydrogen (secondary N) is 3. The summed E-state index contributed by atoms with van der Waals surface area (Å²) in [5, 5.41) is 4.05. The Kier molecular flexibility index (Phi) is 5.26. The molecule has 1 aliphatic heterocycles. The molecule has 0 spiro atoms. The van der Waals surface area contributed by atoms with E-state index in [9.17, 15) is 4.79 Å². The third-order valence-corrected chi connectivity index (χ3v) is 4.36. The Hall–Kier alpha value is -1.79. The molecule has 1 aliphatic rings. The quantitative estimate of drug-likeness (QED) is 0.775. The van der Waals surface area contributed by atoms with E-state index in [-0.39, 0.29) is 18.0 Å². The van der Waals surface area contributed by atoms with Crippen molar-refractivity contribution >= 4 is 34.8 Å². The second-order valence-corrected chi connectivity index (χ2v) is 6.39. The van der Waals surface area contributed by atoms with Crippen molar-refractivity contribution in [1.82, 2.24) is 10.9 Å². The maximum absolute atomic E-state index is 12.5. The van der Waals surface area contributed by atoms with E-state index in [1.807, 2.05) is 24.3 Å². The summed E-state index contributed by atoms with van der Waals surface area (Å²) in [7, 11) is 1.55. The summed E-state index contributed by atoms with van der Waals surface area (Å²) in [4.78, 5) is 12.5. The molecule has 1 heterocycles. The topological polar surface area (TPSA) is 62.4 Å². The summed E-state index contributed by atoms with van der Waals surface area (Å²) >= 11 is 12.0. The smallest absolute Gasteiger partial charge is 0.243 e. The minimum absolute atomic E-state index is 0.0145. The van der Waals surface area contributed by atoms with E-state index in [0.717, 1.165) is 5.56 Å².